The number of carbonyl (C=O) groups is 2. The van der Waals surface area contributed by atoms with Crippen LogP contribution in [-0.2, 0) is 9.59 Å². The van der Waals surface area contributed by atoms with Crippen LogP contribution in [0.3, 0.4) is 0 Å². The highest BCUT2D eigenvalue weighted by molar-refractivity contribution is 6.03. The third-order valence-corrected chi connectivity index (χ3v) is 6.67. The molecule has 2 aromatic carbocycles. The predicted octanol–water partition coefficient (Wildman–Crippen LogP) is 4.55. The molecule has 2 aliphatic rings. The second-order valence-electron chi connectivity index (χ2n) is 9.04. The minimum Gasteiger partial charge on any atom is -0.336 e. The van der Waals surface area contributed by atoms with Crippen molar-refractivity contribution in [1.29, 1.82) is 0 Å². The lowest BCUT2D eigenvalue weighted by molar-refractivity contribution is -0.144. The fourth-order valence-electron chi connectivity index (χ4n) is 4.20. The van der Waals surface area contributed by atoms with Gasteiger partial charge < -0.3 is 4.90 Å². The van der Waals surface area contributed by atoms with Crippen LogP contribution in [0.5, 0.6) is 0 Å². The summed E-state index contributed by atoms with van der Waals surface area (Å²) in [5, 5.41) is 6.36. The van der Waals surface area contributed by atoms with Gasteiger partial charge in [0, 0.05) is 19.4 Å². The Kier molecular flexibility index (Phi) is 5.94. The summed E-state index contributed by atoms with van der Waals surface area (Å²) < 4.78 is 0. The lowest BCUT2D eigenvalue weighted by Gasteiger charge is -2.30. The highest BCUT2D eigenvalue weighted by Crippen LogP contribution is 2.34. The Morgan fingerprint density at radius 1 is 1.03 bits per heavy atom. The first-order valence-corrected chi connectivity index (χ1v) is 11.1. The van der Waals surface area contributed by atoms with Crippen LogP contribution < -0.4 is 0 Å². The van der Waals surface area contributed by atoms with Gasteiger partial charge in [0.15, 0.2) is 0 Å². The minimum absolute atomic E-state index is 0.0569. The van der Waals surface area contributed by atoms with Crippen LogP contribution in [0.4, 0.5) is 0 Å². The number of hydrazone groups is 1. The monoisotopic (exact) mass is 417 g/mol. The molecular formula is C26H31N3O2. The van der Waals surface area contributed by atoms with Gasteiger partial charge in [-0.3, -0.25) is 9.59 Å². The van der Waals surface area contributed by atoms with Gasteiger partial charge in [0.25, 0.3) is 5.91 Å². The van der Waals surface area contributed by atoms with Gasteiger partial charge in [-0.05, 0) is 61.9 Å². The molecule has 0 unspecified atom stereocenters. The van der Waals surface area contributed by atoms with Crippen molar-refractivity contribution in [3.8, 4) is 0 Å². The van der Waals surface area contributed by atoms with Crippen molar-refractivity contribution in [1.82, 2.24) is 9.91 Å². The molecule has 1 fully saturated rings. The highest BCUT2D eigenvalue weighted by Gasteiger charge is 2.35. The zero-order valence-electron chi connectivity index (χ0n) is 18.9. The number of likely N-dealkylation sites (N-methyl/N-ethyl adjacent to an activating group) is 1. The largest absolute Gasteiger partial charge is 0.336 e. The maximum Gasteiger partial charge on any atom is 0.262 e. The number of hydrogen-bond acceptors (Lipinski definition) is 3. The molecule has 1 heterocycles. The molecule has 1 aliphatic heterocycles. The van der Waals surface area contributed by atoms with E-state index in [2.05, 4.69) is 63.2 Å². The summed E-state index contributed by atoms with van der Waals surface area (Å²) in [6, 6.07) is 14.4. The highest BCUT2D eigenvalue weighted by atomic mass is 16.2. The van der Waals surface area contributed by atoms with E-state index in [1.807, 2.05) is 0 Å². The average Bonchev–Trinajstić information content (AvgIpc) is 3.15. The van der Waals surface area contributed by atoms with E-state index in [1.165, 1.54) is 16.7 Å². The topological polar surface area (TPSA) is 53.0 Å². The molecule has 0 bridgehead atoms. The Morgan fingerprint density at radius 2 is 1.74 bits per heavy atom. The fraction of sp³-hybridized carbons (Fsp3) is 0.423. The number of nitrogens with zero attached hydrogens (tertiary/aromatic N) is 3. The number of amides is 2. The number of carbonyl (C=O) groups excluding carboxylic acids is 2. The Morgan fingerprint density at radius 3 is 2.35 bits per heavy atom. The third kappa shape index (κ3) is 4.41. The fourth-order valence-corrected chi connectivity index (χ4v) is 4.20. The Labute approximate surface area is 184 Å². The molecule has 0 aromatic heterocycles. The van der Waals surface area contributed by atoms with Gasteiger partial charge in [0.2, 0.25) is 5.91 Å². The van der Waals surface area contributed by atoms with Gasteiger partial charge in [-0.25, -0.2) is 5.01 Å². The van der Waals surface area contributed by atoms with Gasteiger partial charge in [-0.15, -0.1) is 0 Å². The van der Waals surface area contributed by atoms with Gasteiger partial charge in [-0.1, -0.05) is 48.4 Å². The zero-order valence-corrected chi connectivity index (χ0v) is 18.9. The van der Waals surface area contributed by atoms with Crippen LogP contribution in [0.15, 0.2) is 47.6 Å². The number of rotatable bonds is 5. The van der Waals surface area contributed by atoms with Crippen LogP contribution in [-0.4, -0.2) is 41.0 Å². The molecule has 1 atom stereocenters. The molecule has 5 heteroatoms. The van der Waals surface area contributed by atoms with Crippen molar-refractivity contribution in [2.45, 2.75) is 52.5 Å². The van der Waals surface area contributed by atoms with E-state index in [4.69, 9.17) is 5.10 Å². The first-order chi connectivity index (χ1) is 14.8. The SMILES string of the molecule is Cc1ccc([C@H]2CC(c3ccc(C)c(C)c3)=NN2C(=O)CN(C)C(=O)C2CCC2)cc1. The summed E-state index contributed by atoms with van der Waals surface area (Å²) in [7, 11) is 1.73. The van der Waals surface area contributed by atoms with Crippen molar-refractivity contribution in [2.24, 2.45) is 11.0 Å². The second-order valence-corrected chi connectivity index (χ2v) is 9.04. The van der Waals surface area contributed by atoms with Gasteiger partial charge in [0.1, 0.15) is 6.54 Å². The van der Waals surface area contributed by atoms with Gasteiger partial charge in [-0.2, -0.15) is 5.10 Å². The maximum absolute atomic E-state index is 13.3. The molecule has 0 N–H and O–H groups in total. The lowest BCUT2D eigenvalue weighted by atomic mass is 9.84. The Balaban J connectivity index is 1.59. The van der Waals surface area contributed by atoms with E-state index in [9.17, 15) is 9.59 Å². The summed E-state index contributed by atoms with van der Waals surface area (Å²) in [4.78, 5) is 27.4. The summed E-state index contributed by atoms with van der Waals surface area (Å²) in [5.74, 6) is 0.0162. The molecule has 1 saturated carbocycles. The number of hydrogen-bond donors (Lipinski definition) is 0. The quantitative estimate of drug-likeness (QED) is 0.717. The summed E-state index contributed by atoms with van der Waals surface area (Å²) >= 11 is 0. The van der Waals surface area contributed by atoms with Crippen molar-refractivity contribution >= 4 is 17.5 Å². The molecule has 0 saturated heterocycles. The minimum atomic E-state index is -0.156. The van der Waals surface area contributed by atoms with E-state index in [-0.39, 0.29) is 30.3 Å². The van der Waals surface area contributed by atoms with Gasteiger partial charge in [0.05, 0.1) is 11.8 Å². The first-order valence-electron chi connectivity index (χ1n) is 11.1. The van der Waals surface area contributed by atoms with Crippen molar-refractivity contribution in [2.75, 3.05) is 13.6 Å². The molecule has 2 aromatic rings. The van der Waals surface area contributed by atoms with E-state index in [0.29, 0.717) is 6.42 Å². The standard InChI is InChI=1S/C26H31N3O2/c1-17-8-11-20(12-9-17)24-15-23(22-13-10-18(2)19(3)14-22)27-29(24)25(30)16-28(4)26(31)21-6-5-7-21/h8-14,21,24H,5-7,15-16H2,1-4H3/t24-/m1/s1. The van der Waals surface area contributed by atoms with Crippen molar-refractivity contribution < 1.29 is 9.59 Å². The smallest absolute Gasteiger partial charge is 0.262 e. The number of benzene rings is 2. The van der Waals surface area contributed by atoms with Crippen molar-refractivity contribution in [3.63, 3.8) is 0 Å². The van der Waals surface area contributed by atoms with E-state index < -0.39 is 0 Å². The summed E-state index contributed by atoms with van der Waals surface area (Å²) in [6.45, 7) is 6.30. The van der Waals surface area contributed by atoms with Crippen LogP contribution in [0.25, 0.3) is 0 Å². The third-order valence-electron chi connectivity index (χ3n) is 6.67. The van der Waals surface area contributed by atoms with Crippen LogP contribution >= 0.6 is 0 Å². The molecule has 0 radical (unpaired) electrons. The lowest BCUT2D eigenvalue weighted by Crippen LogP contribution is -2.42. The second kappa shape index (κ2) is 8.66. The van der Waals surface area contributed by atoms with E-state index in [1.54, 1.807) is 17.0 Å². The molecule has 162 valence electrons. The van der Waals surface area contributed by atoms with Crippen molar-refractivity contribution in [3.05, 3.63) is 70.3 Å². The van der Waals surface area contributed by atoms with E-state index >= 15 is 0 Å². The molecule has 5 nitrogen and oxygen atoms in total. The number of aryl methyl sites for hydroxylation is 3. The Bertz CT molecular complexity index is 1020. The zero-order chi connectivity index (χ0) is 22.1. The first kappa shape index (κ1) is 21.3. The van der Waals surface area contributed by atoms with E-state index in [0.717, 1.165) is 36.1 Å². The average molecular weight is 418 g/mol. The van der Waals surface area contributed by atoms with Crippen LogP contribution in [0.2, 0.25) is 0 Å². The normalized spacial score (nSPS) is 18.5. The molecule has 31 heavy (non-hydrogen) atoms. The predicted molar refractivity (Wildman–Crippen MR) is 123 cm³/mol. The van der Waals surface area contributed by atoms with Crippen LogP contribution in [0.1, 0.15) is 59.5 Å². The molecule has 1 aliphatic carbocycles. The Hall–Kier alpha value is -2.95. The summed E-state index contributed by atoms with van der Waals surface area (Å²) in [6.07, 6.45) is 3.63. The molecule has 4 rings (SSSR count). The van der Waals surface area contributed by atoms with Gasteiger partial charge >= 0.3 is 0 Å². The maximum atomic E-state index is 13.3. The summed E-state index contributed by atoms with van der Waals surface area (Å²) in [5.41, 5.74) is 6.66. The molecule has 0 spiro atoms. The van der Waals surface area contributed by atoms with Crippen LogP contribution in [0, 0.1) is 26.7 Å². The molecule has 2 amide bonds. The molecular weight excluding hydrogens is 386 g/mol.